The van der Waals surface area contributed by atoms with Gasteiger partial charge in [0.15, 0.2) is 0 Å². The summed E-state index contributed by atoms with van der Waals surface area (Å²) in [6, 6.07) is 0. The number of hydrogen-bond donors (Lipinski definition) is 1. The van der Waals surface area contributed by atoms with Crippen molar-refractivity contribution in [2.75, 3.05) is 6.61 Å². The molecule has 0 fully saturated rings. The van der Waals surface area contributed by atoms with Gasteiger partial charge in [-0.1, -0.05) is 115 Å². The molecule has 0 rings (SSSR count). The van der Waals surface area contributed by atoms with Crippen LogP contribution in [0, 0.1) is 5.92 Å². The van der Waals surface area contributed by atoms with Crippen molar-refractivity contribution in [2.45, 2.75) is 129 Å². The first kappa shape index (κ1) is 30.4. The summed E-state index contributed by atoms with van der Waals surface area (Å²) in [5.41, 5.74) is 0. The van der Waals surface area contributed by atoms with Crippen LogP contribution in [0.5, 0.6) is 0 Å². The molecule has 4 nitrogen and oxygen atoms in total. The second-order valence-corrected chi connectivity index (χ2v) is 9.00. The first-order chi connectivity index (χ1) is 15.6. The molecule has 0 saturated heterocycles. The van der Waals surface area contributed by atoms with Crippen molar-refractivity contribution >= 4 is 11.9 Å². The van der Waals surface area contributed by atoms with Crippen molar-refractivity contribution in [3.8, 4) is 0 Å². The highest BCUT2D eigenvalue weighted by Gasteiger charge is 2.22. The van der Waals surface area contributed by atoms with Gasteiger partial charge in [-0.25, -0.2) is 0 Å². The molecule has 1 unspecified atom stereocenters. The van der Waals surface area contributed by atoms with Gasteiger partial charge in [-0.15, -0.1) is 0 Å². The van der Waals surface area contributed by atoms with E-state index in [2.05, 4.69) is 25.7 Å². The molecule has 32 heavy (non-hydrogen) atoms. The Morgan fingerprint density at radius 1 is 0.781 bits per heavy atom. The molecule has 0 aromatic carbocycles. The molecule has 0 bridgehead atoms. The molecule has 4 heteroatoms. The average molecular weight is 451 g/mol. The van der Waals surface area contributed by atoms with Crippen LogP contribution in [-0.2, 0) is 14.3 Å². The maximum atomic E-state index is 11.9. The van der Waals surface area contributed by atoms with Crippen molar-refractivity contribution in [3.63, 3.8) is 0 Å². The third kappa shape index (κ3) is 21.6. The normalized spacial score (nSPS) is 12.2. The number of carbonyl (C=O) groups excluding carboxylic acids is 1. The maximum absolute atomic E-state index is 11.9. The highest BCUT2D eigenvalue weighted by molar-refractivity contribution is 5.79. The number of rotatable bonds is 24. The fourth-order valence-corrected chi connectivity index (χ4v) is 3.94. The summed E-state index contributed by atoms with van der Waals surface area (Å²) >= 11 is 0. The summed E-state index contributed by atoms with van der Waals surface area (Å²) in [5.74, 6) is -1.91. The predicted molar refractivity (Wildman–Crippen MR) is 135 cm³/mol. The Kier molecular flexibility index (Phi) is 22.9. The summed E-state index contributed by atoms with van der Waals surface area (Å²) < 4.78 is 5.02. The number of unbranched alkanes of at least 4 members (excludes halogenated alkanes) is 15. The lowest BCUT2D eigenvalue weighted by atomic mass is 9.97. The number of esters is 1. The molecule has 0 heterocycles. The highest BCUT2D eigenvalue weighted by atomic mass is 16.5. The van der Waals surface area contributed by atoms with E-state index in [1.165, 1.54) is 83.1 Å². The van der Waals surface area contributed by atoms with E-state index in [0.717, 1.165) is 32.1 Å². The predicted octanol–water partition coefficient (Wildman–Crippen LogP) is 8.40. The van der Waals surface area contributed by atoms with Gasteiger partial charge in [0.05, 0.1) is 12.3 Å². The molecule has 0 aliphatic heterocycles. The molecule has 0 amide bonds. The zero-order valence-corrected chi connectivity index (χ0v) is 20.8. The minimum absolute atomic E-state index is 0.139. The van der Waals surface area contributed by atoms with Gasteiger partial charge in [0.25, 0.3) is 0 Å². The summed E-state index contributed by atoms with van der Waals surface area (Å²) in [6.07, 6.45) is 28.3. The minimum atomic E-state index is -0.950. The fraction of sp³-hybridized carbons (Fsp3) is 0.786. The Bertz CT molecular complexity index is 484. The van der Waals surface area contributed by atoms with Crippen LogP contribution in [0.3, 0.4) is 0 Å². The molecule has 0 spiro atoms. The minimum Gasteiger partial charge on any atom is -0.481 e. The Morgan fingerprint density at radius 2 is 1.25 bits per heavy atom. The molecule has 0 saturated carbocycles. The molecule has 1 atom stereocenters. The average Bonchev–Trinajstić information content (AvgIpc) is 2.77. The third-order valence-electron chi connectivity index (χ3n) is 5.91. The number of carboxylic acid groups (broad SMARTS) is 1. The van der Waals surface area contributed by atoms with Crippen LogP contribution in [0.1, 0.15) is 129 Å². The van der Waals surface area contributed by atoms with Gasteiger partial charge in [-0.3, -0.25) is 9.59 Å². The molecule has 0 aliphatic carbocycles. The van der Waals surface area contributed by atoms with Crippen molar-refractivity contribution in [1.29, 1.82) is 0 Å². The van der Waals surface area contributed by atoms with E-state index in [1.54, 1.807) is 0 Å². The fourth-order valence-electron chi connectivity index (χ4n) is 3.94. The Labute approximate surface area is 197 Å². The Balaban J connectivity index is 3.51. The zero-order chi connectivity index (χ0) is 23.7. The number of hydrogen-bond acceptors (Lipinski definition) is 3. The first-order valence-electron chi connectivity index (χ1n) is 13.3. The second kappa shape index (κ2) is 24.1. The van der Waals surface area contributed by atoms with Gasteiger partial charge < -0.3 is 9.84 Å². The van der Waals surface area contributed by atoms with Crippen molar-refractivity contribution in [1.82, 2.24) is 0 Å². The van der Waals surface area contributed by atoms with Crippen molar-refractivity contribution < 1.29 is 19.4 Å². The molecule has 1 N–H and O–H groups in total. The molecule has 0 aliphatic rings. The van der Waals surface area contributed by atoms with E-state index < -0.39 is 17.9 Å². The SMILES string of the molecule is C=CCOC(=O)C(CCCCCC/C=C/CCCCCCCCCCCCC)CC(=O)O. The number of carbonyl (C=O) groups is 2. The van der Waals surface area contributed by atoms with E-state index in [-0.39, 0.29) is 13.0 Å². The van der Waals surface area contributed by atoms with Crippen LogP contribution in [0.15, 0.2) is 24.8 Å². The van der Waals surface area contributed by atoms with Gasteiger partial charge in [0.2, 0.25) is 0 Å². The number of allylic oxidation sites excluding steroid dienone is 2. The molecular formula is C28H50O4. The maximum Gasteiger partial charge on any atom is 0.309 e. The Morgan fingerprint density at radius 3 is 1.72 bits per heavy atom. The van der Waals surface area contributed by atoms with Gasteiger partial charge >= 0.3 is 11.9 Å². The summed E-state index contributed by atoms with van der Waals surface area (Å²) in [5, 5.41) is 8.98. The third-order valence-corrected chi connectivity index (χ3v) is 5.91. The lowest BCUT2D eigenvalue weighted by Crippen LogP contribution is -2.21. The lowest BCUT2D eigenvalue weighted by Gasteiger charge is -2.13. The van der Waals surface area contributed by atoms with E-state index in [1.807, 2.05) is 0 Å². The number of aliphatic carboxylic acids is 1. The molecule has 0 aromatic heterocycles. The molecule has 0 radical (unpaired) electrons. The quantitative estimate of drug-likeness (QED) is 0.0910. The second-order valence-electron chi connectivity index (χ2n) is 9.00. The van der Waals surface area contributed by atoms with E-state index in [9.17, 15) is 9.59 Å². The molecular weight excluding hydrogens is 400 g/mol. The van der Waals surface area contributed by atoms with Crippen LogP contribution in [0.4, 0.5) is 0 Å². The van der Waals surface area contributed by atoms with E-state index >= 15 is 0 Å². The van der Waals surface area contributed by atoms with Gasteiger partial charge in [0.1, 0.15) is 6.61 Å². The topological polar surface area (TPSA) is 63.6 Å². The van der Waals surface area contributed by atoms with Crippen molar-refractivity contribution in [3.05, 3.63) is 24.8 Å². The molecule has 186 valence electrons. The smallest absolute Gasteiger partial charge is 0.309 e. The summed E-state index contributed by atoms with van der Waals surface area (Å²) in [6.45, 7) is 5.92. The van der Waals surface area contributed by atoms with Crippen LogP contribution < -0.4 is 0 Å². The van der Waals surface area contributed by atoms with E-state index in [4.69, 9.17) is 9.84 Å². The lowest BCUT2D eigenvalue weighted by molar-refractivity contribution is -0.152. The standard InChI is InChI=1S/C28H50O4/c1-3-5-6-7-8-9-10-11-12-13-14-15-16-17-18-19-20-21-22-23-26(25-27(29)30)28(31)32-24-4-2/h4,16-17,26H,2-3,5-15,18-25H2,1H3,(H,29,30)/b17-16+. The van der Waals surface area contributed by atoms with Crippen LogP contribution in [0.2, 0.25) is 0 Å². The van der Waals surface area contributed by atoms with E-state index in [0.29, 0.717) is 6.42 Å². The largest absolute Gasteiger partial charge is 0.481 e. The number of carboxylic acids is 1. The Hall–Kier alpha value is -1.58. The highest BCUT2D eigenvalue weighted by Crippen LogP contribution is 2.17. The van der Waals surface area contributed by atoms with Crippen molar-refractivity contribution in [2.24, 2.45) is 5.92 Å². The summed E-state index contributed by atoms with van der Waals surface area (Å²) in [7, 11) is 0. The van der Waals surface area contributed by atoms with Gasteiger partial charge in [-0.05, 0) is 32.1 Å². The number of ether oxygens (including phenoxy) is 1. The monoisotopic (exact) mass is 450 g/mol. The van der Waals surface area contributed by atoms with Crippen LogP contribution in [-0.4, -0.2) is 23.7 Å². The molecule has 0 aromatic rings. The van der Waals surface area contributed by atoms with Crippen LogP contribution >= 0.6 is 0 Å². The van der Waals surface area contributed by atoms with Gasteiger partial charge in [-0.2, -0.15) is 0 Å². The van der Waals surface area contributed by atoms with Crippen LogP contribution in [0.25, 0.3) is 0 Å². The zero-order valence-electron chi connectivity index (χ0n) is 20.8. The van der Waals surface area contributed by atoms with Gasteiger partial charge in [0, 0.05) is 0 Å². The summed E-state index contributed by atoms with van der Waals surface area (Å²) in [4.78, 5) is 22.9. The first-order valence-corrected chi connectivity index (χ1v) is 13.3.